The first-order valence-electron chi connectivity index (χ1n) is 7.17. The van der Waals surface area contributed by atoms with Gasteiger partial charge in [-0.15, -0.1) is 5.11 Å². The maximum absolute atomic E-state index is 10.0. The maximum Gasteiger partial charge on any atom is 0.0874 e. The fraction of sp³-hybridized carbons (Fsp3) is 0.625. The fourth-order valence-electron chi connectivity index (χ4n) is 3.17. The zero-order valence-corrected chi connectivity index (χ0v) is 13.1. The summed E-state index contributed by atoms with van der Waals surface area (Å²) in [4.78, 5) is 0. The van der Waals surface area contributed by atoms with E-state index in [-0.39, 0.29) is 17.2 Å². The molecule has 0 unspecified atom stereocenters. The van der Waals surface area contributed by atoms with Crippen molar-refractivity contribution in [3.8, 4) is 0 Å². The van der Waals surface area contributed by atoms with E-state index < -0.39 is 0 Å². The van der Waals surface area contributed by atoms with Crippen molar-refractivity contribution in [1.82, 2.24) is 5.01 Å². The van der Waals surface area contributed by atoms with E-state index in [4.69, 9.17) is 0 Å². The van der Waals surface area contributed by atoms with Gasteiger partial charge < -0.3 is 5.11 Å². The number of nitrogens with zero attached hydrogens (tertiary/aromatic N) is 3. The van der Waals surface area contributed by atoms with Crippen LogP contribution in [0.3, 0.4) is 0 Å². The molecule has 1 heterocycles. The standard InChI is InChI=1S/C16H25N3O/c1-12-6-8-13(9-7-12)17-18-19-15(2,3)10-14(20)11-16(19,4)5/h6-9,14,20H,10-11H2,1-5H3. The monoisotopic (exact) mass is 275 g/mol. The van der Waals surface area contributed by atoms with Crippen molar-refractivity contribution in [2.75, 3.05) is 0 Å². The highest BCUT2D eigenvalue weighted by atomic mass is 16.3. The van der Waals surface area contributed by atoms with Crippen LogP contribution < -0.4 is 0 Å². The highest BCUT2D eigenvalue weighted by Gasteiger charge is 2.45. The molecule has 1 aromatic rings. The number of rotatable bonds is 2. The third-order valence-corrected chi connectivity index (χ3v) is 3.90. The summed E-state index contributed by atoms with van der Waals surface area (Å²) in [6, 6.07) is 8.00. The predicted molar refractivity (Wildman–Crippen MR) is 80.9 cm³/mol. The Kier molecular flexibility index (Phi) is 3.87. The van der Waals surface area contributed by atoms with E-state index in [9.17, 15) is 5.11 Å². The van der Waals surface area contributed by atoms with Gasteiger partial charge in [-0.1, -0.05) is 22.9 Å². The smallest absolute Gasteiger partial charge is 0.0874 e. The van der Waals surface area contributed by atoms with Gasteiger partial charge in [0.05, 0.1) is 22.9 Å². The maximum atomic E-state index is 10.0. The average molecular weight is 275 g/mol. The SMILES string of the molecule is Cc1ccc(N=NN2C(C)(C)CC(O)CC2(C)C)cc1. The van der Waals surface area contributed by atoms with Gasteiger partial charge in [-0.2, -0.15) is 0 Å². The number of aliphatic hydroxyl groups excluding tert-OH is 1. The van der Waals surface area contributed by atoms with Crippen LogP contribution in [-0.2, 0) is 0 Å². The van der Waals surface area contributed by atoms with E-state index in [1.807, 2.05) is 29.3 Å². The van der Waals surface area contributed by atoms with Crippen LogP contribution in [0.2, 0.25) is 0 Å². The van der Waals surface area contributed by atoms with Crippen LogP contribution in [-0.4, -0.2) is 27.3 Å². The Morgan fingerprint density at radius 3 is 2.05 bits per heavy atom. The van der Waals surface area contributed by atoms with Crippen LogP contribution in [0.25, 0.3) is 0 Å². The molecule has 20 heavy (non-hydrogen) atoms. The number of piperidine rings is 1. The van der Waals surface area contributed by atoms with Crippen LogP contribution in [0.15, 0.2) is 34.6 Å². The van der Waals surface area contributed by atoms with Gasteiger partial charge in [0.1, 0.15) is 0 Å². The number of hydrogen-bond donors (Lipinski definition) is 1. The van der Waals surface area contributed by atoms with Crippen molar-refractivity contribution < 1.29 is 5.11 Å². The molecule has 1 aliphatic heterocycles. The number of benzene rings is 1. The zero-order chi connectivity index (χ0) is 15.0. The molecule has 0 aromatic heterocycles. The second kappa shape index (κ2) is 5.17. The van der Waals surface area contributed by atoms with Crippen LogP contribution in [0.5, 0.6) is 0 Å². The highest BCUT2D eigenvalue weighted by Crippen LogP contribution is 2.39. The molecule has 4 heteroatoms. The van der Waals surface area contributed by atoms with Crippen molar-refractivity contribution in [1.29, 1.82) is 0 Å². The number of hydrogen-bond acceptors (Lipinski definition) is 3. The molecule has 1 N–H and O–H groups in total. The van der Waals surface area contributed by atoms with Crippen molar-refractivity contribution in [3.63, 3.8) is 0 Å². The van der Waals surface area contributed by atoms with E-state index in [0.29, 0.717) is 12.8 Å². The topological polar surface area (TPSA) is 48.2 Å². The second-order valence-electron chi connectivity index (χ2n) is 7.02. The Morgan fingerprint density at radius 2 is 1.55 bits per heavy atom. The van der Waals surface area contributed by atoms with E-state index in [1.165, 1.54) is 5.56 Å². The van der Waals surface area contributed by atoms with Crippen LogP contribution in [0.4, 0.5) is 5.69 Å². The lowest BCUT2D eigenvalue weighted by Crippen LogP contribution is -2.59. The van der Waals surface area contributed by atoms with E-state index in [0.717, 1.165) is 5.69 Å². The number of aryl methyl sites for hydroxylation is 1. The Labute approximate surface area is 121 Å². The molecule has 1 fully saturated rings. The van der Waals surface area contributed by atoms with Crippen molar-refractivity contribution >= 4 is 5.69 Å². The van der Waals surface area contributed by atoms with Crippen molar-refractivity contribution in [3.05, 3.63) is 29.8 Å². The Hall–Kier alpha value is -1.42. The van der Waals surface area contributed by atoms with Gasteiger partial charge in [0.25, 0.3) is 0 Å². The molecule has 1 aliphatic rings. The van der Waals surface area contributed by atoms with Crippen LogP contribution in [0, 0.1) is 6.92 Å². The van der Waals surface area contributed by atoms with Crippen LogP contribution >= 0.6 is 0 Å². The van der Waals surface area contributed by atoms with E-state index in [1.54, 1.807) is 0 Å². The third kappa shape index (κ3) is 3.18. The molecule has 2 rings (SSSR count). The number of aliphatic hydroxyl groups is 1. The molecule has 0 amide bonds. The lowest BCUT2D eigenvalue weighted by Gasteiger charge is -2.51. The summed E-state index contributed by atoms with van der Waals surface area (Å²) in [5.74, 6) is 0. The first-order valence-corrected chi connectivity index (χ1v) is 7.17. The lowest BCUT2D eigenvalue weighted by atomic mass is 9.80. The van der Waals surface area contributed by atoms with Crippen molar-refractivity contribution in [2.24, 2.45) is 10.3 Å². The summed E-state index contributed by atoms with van der Waals surface area (Å²) in [7, 11) is 0. The van der Waals surface area contributed by atoms with E-state index in [2.05, 4.69) is 45.0 Å². The molecule has 0 spiro atoms. The Balaban J connectivity index is 2.23. The zero-order valence-electron chi connectivity index (χ0n) is 13.1. The Morgan fingerprint density at radius 1 is 1.05 bits per heavy atom. The van der Waals surface area contributed by atoms with Gasteiger partial charge in [-0.3, -0.25) is 5.01 Å². The molecule has 1 aromatic carbocycles. The quantitative estimate of drug-likeness (QED) is 0.829. The molecule has 4 nitrogen and oxygen atoms in total. The summed E-state index contributed by atoms with van der Waals surface area (Å²) in [6.07, 6.45) is 1.15. The first-order chi connectivity index (χ1) is 9.21. The minimum atomic E-state index is -0.272. The average Bonchev–Trinajstić information content (AvgIpc) is 2.28. The molecule has 0 radical (unpaired) electrons. The summed E-state index contributed by atoms with van der Waals surface area (Å²) < 4.78 is 0. The third-order valence-electron chi connectivity index (χ3n) is 3.90. The molecule has 0 aliphatic carbocycles. The molecular formula is C16H25N3O. The van der Waals surface area contributed by atoms with E-state index >= 15 is 0 Å². The molecule has 0 atom stereocenters. The Bertz CT molecular complexity index is 473. The van der Waals surface area contributed by atoms with Gasteiger partial charge in [0.2, 0.25) is 0 Å². The summed E-state index contributed by atoms with van der Waals surface area (Å²) in [6.45, 7) is 10.5. The molecule has 1 saturated heterocycles. The van der Waals surface area contributed by atoms with Gasteiger partial charge in [0, 0.05) is 0 Å². The minimum Gasteiger partial charge on any atom is -0.393 e. The summed E-state index contributed by atoms with van der Waals surface area (Å²) in [5, 5.41) is 20.9. The summed E-state index contributed by atoms with van der Waals surface area (Å²) in [5.41, 5.74) is 1.67. The van der Waals surface area contributed by atoms with Crippen LogP contribution in [0.1, 0.15) is 46.1 Å². The molecule has 110 valence electrons. The van der Waals surface area contributed by atoms with Gasteiger partial charge >= 0.3 is 0 Å². The molecule has 0 saturated carbocycles. The predicted octanol–water partition coefficient (Wildman–Crippen LogP) is 4.01. The van der Waals surface area contributed by atoms with Gasteiger partial charge in [-0.25, -0.2) is 0 Å². The van der Waals surface area contributed by atoms with Gasteiger partial charge in [-0.05, 0) is 59.6 Å². The fourth-order valence-corrected chi connectivity index (χ4v) is 3.17. The highest BCUT2D eigenvalue weighted by molar-refractivity contribution is 5.37. The minimum absolute atomic E-state index is 0.199. The first kappa shape index (κ1) is 15.0. The molecular weight excluding hydrogens is 250 g/mol. The van der Waals surface area contributed by atoms with Gasteiger partial charge in [0.15, 0.2) is 0 Å². The largest absolute Gasteiger partial charge is 0.393 e. The normalized spacial score (nSPS) is 22.4. The lowest BCUT2D eigenvalue weighted by molar-refractivity contribution is -0.0844. The summed E-state index contributed by atoms with van der Waals surface area (Å²) >= 11 is 0. The second-order valence-corrected chi connectivity index (χ2v) is 7.02. The van der Waals surface area contributed by atoms with Crippen molar-refractivity contribution in [2.45, 2.75) is 64.6 Å². The molecule has 0 bridgehead atoms.